The van der Waals surface area contributed by atoms with Crippen LogP contribution < -0.4 is 5.56 Å². The van der Waals surface area contributed by atoms with Crippen molar-refractivity contribution in [1.82, 2.24) is 9.97 Å². The Labute approximate surface area is 172 Å². The van der Waals surface area contributed by atoms with Gasteiger partial charge < -0.3 is 14.5 Å². The molecule has 3 aromatic rings. The molecule has 150 valence electrons. The van der Waals surface area contributed by atoms with Gasteiger partial charge in [0.05, 0.1) is 22.6 Å². The highest BCUT2D eigenvalue weighted by atomic mass is 32.2. The summed E-state index contributed by atoms with van der Waals surface area (Å²) >= 11 is 1.60. The molecular formula is C22H22N2O4S. The fourth-order valence-electron chi connectivity index (χ4n) is 3.30. The molecule has 0 aliphatic carbocycles. The zero-order valence-electron chi connectivity index (χ0n) is 16.1. The quantitative estimate of drug-likeness (QED) is 0.486. The second-order valence-electron chi connectivity index (χ2n) is 6.96. The minimum atomic E-state index is -0.684. The highest BCUT2D eigenvalue weighted by Gasteiger charge is 2.21. The van der Waals surface area contributed by atoms with Gasteiger partial charge >= 0.3 is 5.97 Å². The highest BCUT2D eigenvalue weighted by Crippen LogP contribution is 2.28. The summed E-state index contributed by atoms with van der Waals surface area (Å²) in [7, 11) is 0. The minimum Gasteiger partial charge on any atom is -0.451 e. The molecule has 1 fully saturated rings. The SMILES string of the molecule is C[C@@H](OC(=O)c1ccccc1SC[C@@H]1CCCO1)c1nc2ccccc2c(=O)[nH]1. The van der Waals surface area contributed by atoms with Gasteiger partial charge in [-0.3, -0.25) is 4.79 Å². The van der Waals surface area contributed by atoms with Crippen LogP contribution in [0, 0.1) is 0 Å². The van der Waals surface area contributed by atoms with Crippen LogP contribution in [0.15, 0.2) is 58.2 Å². The first-order valence-corrected chi connectivity index (χ1v) is 10.6. The summed E-state index contributed by atoms with van der Waals surface area (Å²) in [6.45, 7) is 2.51. The molecule has 7 heteroatoms. The smallest absolute Gasteiger partial charge is 0.339 e. The van der Waals surface area contributed by atoms with E-state index >= 15 is 0 Å². The Morgan fingerprint density at radius 1 is 1.28 bits per heavy atom. The fraction of sp³-hybridized carbons (Fsp3) is 0.318. The molecule has 0 radical (unpaired) electrons. The van der Waals surface area contributed by atoms with Crippen LogP contribution in [0.1, 0.15) is 42.1 Å². The lowest BCUT2D eigenvalue weighted by Gasteiger charge is -2.15. The van der Waals surface area contributed by atoms with Gasteiger partial charge in [0.1, 0.15) is 0 Å². The zero-order chi connectivity index (χ0) is 20.2. The van der Waals surface area contributed by atoms with Crippen LogP contribution in [-0.2, 0) is 9.47 Å². The number of thioether (sulfide) groups is 1. The average Bonchev–Trinajstić information content (AvgIpc) is 3.26. The van der Waals surface area contributed by atoms with Crippen LogP contribution in [-0.4, -0.2) is 34.4 Å². The van der Waals surface area contributed by atoms with Crippen molar-refractivity contribution in [3.8, 4) is 0 Å². The van der Waals surface area contributed by atoms with E-state index in [1.54, 1.807) is 43.0 Å². The van der Waals surface area contributed by atoms with Gasteiger partial charge in [0.15, 0.2) is 11.9 Å². The number of H-pyrrole nitrogens is 1. The Hall–Kier alpha value is -2.64. The Morgan fingerprint density at radius 3 is 2.90 bits per heavy atom. The Kier molecular flexibility index (Phi) is 5.97. The number of aromatic nitrogens is 2. The van der Waals surface area contributed by atoms with Crippen LogP contribution in [0.2, 0.25) is 0 Å². The van der Waals surface area contributed by atoms with E-state index in [-0.39, 0.29) is 11.7 Å². The van der Waals surface area contributed by atoms with E-state index in [0.717, 1.165) is 30.1 Å². The van der Waals surface area contributed by atoms with Gasteiger partial charge in [0.2, 0.25) is 0 Å². The van der Waals surface area contributed by atoms with Gasteiger partial charge in [0.25, 0.3) is 5.56 Å². The standard InChI is InChI=1S/C22H22N2O4S/c1-14(20-23-18-10-4-2-8-16(18)21(25)24-20)28-22(26)17-9-3-5-11-19(17)29-13-15-7-6-12-27-15/h2-5,8-11,14-15H,6-7,12-13H2,1H3,(H,23,24,25)/t14-,15+/m1/s1. The maximum absolute atomic E-state index is 12.8. The molecule has 0 spiro atoms. The Morgan fingerprint density at radius 2 is 2.07 bits per heavy atom. The van der Waals surface area contributed by atoms with E-state index in [1.165, 1.54) is 0 Å². The Balaban J connectivity index is 1.50. The van der Waals surface area contributed by atoms with Crippen molar-refractivity contribution in [3.05, 3.63) is 70.3 Å². The maximum Gasteiger partial charge on any atom is 0.339 e. The number of hydrogen-bond acceptors (Lipinski definition) is 6. The largest absolute Gasteiger partial charge is 0.451 e. The summed E-state index contributed by atoms with van der Waals surface area (Å²) in [4.78, 5) is 33.1. The lowest BCUT2D eigenvalue weighted by molar-refractivity contribution is 0.0315. The second-order valence-corrected chi connectivity index (χ2v) is 8.02. The molecule has 2 atom stereocenters. The summed E-state index contributed by atoms with van der Waals surface area (Å²) in [6, 6.07) is 14.5. The summed E-state index contributed by atoms with van der Waals surface area (Å²) in [5, 5.41) is 0.505. The van der Waals surface area contributed by atoms with Gasteiger partial charge in [-0.25, -0.2) is 9.78 Å². The Bertz CT molecular complexity index is 1080. The second kappa shape index (κ2) is 8.80. The lowest BCUT2D eigenvalue weighted by atomic mass is 10.2. The average molecular weight is 410 g/mol. The molecule has 1 saturated heterocycles. The highest BCUT2D eigenvalue weighted by molar-refractivity contribution is 7.99. The molecule has 1 aromatic heterocycles. The van der Waals surface area contributed by atoms with E-state index in [4.69, 9.17) is 9.47 Å². The van der Waals surface area contributed by atoms with Crippen LogP contribution in [0.3, 0.4) is 0 Å². The van der Waals surface area contributed by atoms with Crippen molar-refractivity contribution < 1.29 is 14.3 Å². The molecular weight excluding hydrogens is 388 g/mol. The first kappa shape index (κ1) is 19.7. The topological polar surface area (TPSA) is 81.3 Å². The number of nitrogens with one attached hydrogen (secondary N) is 1. The van der Waals surface area contributed by atoms with E-state index in [1.807, 2.05) is 24.3 Å². The van der Waals surface area contributed by atoms with Crippen LogP contribution in [0.5, 0.6) is 0 Å². The first-order valence-electron chi connectivity index (χ1n) is 9.65. The van der Waals surface area contributed by atoms with E-state index in [0.29, 0.717) is 22.3 Å². The number of carbonyl (C=O) groups excluding carboxylic acids is 1. The van der Waals surface area contributed by atoms with E-state index in [9.17, 15) is 9.59 Å². The van der Waals surface area contributed by atoms with Crippen LogP contribution in [0.4, 0.5) is 0 Å². The number of fused-ring (bicyclic) bond motifs is 1. The van der Waals surface area contributed by atoms with Gasteiger partial charge in [0, 0.05) is 17.3 Å². The summed E-state index contributed by atoms with van der Waals surface area (Å²) < 4.78 is 11.3. The third-order valence-electron chi connectivity index (χ3n) is 4.86. The number of ether oxygens (including phenoxy) is 2. The third kappa shape index (κ3) is 4.52. The van der Waals surface area contributed by atoms with Gasteiger partial charge in [-0.05, 0) is 44.0 Å². The molecule has 1 N–H and O–H groups in total. The van der Waals surface area contributed by atoms with Crippen molar-refractivity contribution in [2.45, 2.75) is 36.9 Å². The first-order chi connectivity index (χ1) is 14.1. The van der Waals surface area contributed by atoms with Gasteiger partial charge in [-0.1, -0.05) is 24.3 Å². The molecule has 29 heavy (non-hydrogen) atoms. The molecule has 1 aliphatic heterocycles. The normalized spacial score (nSPS) is 17.3. The fourth-order valence-corrected chi connectivity index (χ4v) is 4.41. The van der Waals surface area contributed by atoms with Gasteiger partial charge in [-0.15, -0.1) is 11.8 Å². The molecule has 0 saturated carbocycles. The van der Waals surface area contributed by atoms with Crippen molar-refractivity contribution >= 4 is 28.6 Å². The molecule has 0 bridgehead atoms. The molecule has 2 aromatic carbocycles. The molecule has 0 amide bonds. The number of benzene rings is 2. The molecule has 1 aliphatic rings. The van der Waals surface area contributed by atoms with Crippen molar-refractivity contribution in [3.63, 3.8) is 0 Å². The minimum absolute atomic E-state index is 0.231. The predicted molar refractivity (Wildman–Crippen MR) is 112 cm³/mol. The van der Waals surface area contributed by atoms with Gasteiger partial charge in [-0.2, -0.15) is 0 Å². The maximum atomic E-state index is 12.8. The zero-order valence-corrected chi connectivity index (χ0v) is 16.9. The number of rotatable bonds is 6. The van der Waals surface area contributed by atoms with Crippen LogP contribution >= 0.6 is 11.8 Å². The number of carbonyl (C=O) groups is 1. The molecule has 6 nitrogen and oxygen atoms in total. The molecule has 4 rings (SSSR count). The number of aromatic amines is 1. The number of esters is 1. The monoisotopic (exact) mass is 410 g/mol. The van der Waals surface area contributed by atoms with Crippen LogP contribution in [0.25, 0.3) is 10.9 Å². The molecule has 2 heterocycles. The summed E-state index contributed by atoms with van der Waals surface area (Å²) in [5.74, 6) is 0.689. The number of hydrogen-bond donors (Lipinski definition) is 1. The number of nitrogens with zero attached hydrogens (tertiary/aromatic N) is 1. The van der Waals surface area contributed by atoms with Crippen molar-refractivity contribution in [1.29, 1.82) is 0 Å². The molecule has 0 unspecified atom stereocenters. The number of para-hydroxylation sites is 1. The summed E-state index contributed by atoms with van der Waals surface area (Å²) in [6.07, 6.45) is 1.69. The van der Waals surface area contributed by atoms with Crippen molar-refractivity contribution in [2.24, 2.45) is 0 Å². The predicted octanol–water partition coefficient (Wildman–Crippen LogP) is 4.11. The van der Waals surface area contributed by atoms with Crippen molar-refractivity contribution in [2.75, 3.05) is 12.4 Å². The van der Waals surface area contributed by atoms with E-state index in [2.05, 4.69) is 9.97 Å². The van der Waals surface area contributed by atoms with E-state index < -0.39 is 12.1 Å². The third-order valence-corrected chi connectivity index (χ3v) is 6.06. The lowest BCUT2D eigenvalue weighted by Crippen LogP contribution is -2.18. The summed E-state index contributed by atoms with van der Waals surface area (Å²) in [5.41, 5.74) is 0.827.